The van der Waals surface area contributed by atoms with Crippen molar-refractivity contribution < 1.29 is 9.72 Å². The molecule has 126 valence electrons. The van der Waals surface area contributed by atoms with Crippen LogP contribution in [-0.2, 0) is 6.54 Å². The first kappa shape index (κ1) is 15.9. The number of likely N-dealkylation sites (tertiary alicyclic amines) is 1. The van der Waals surface area contributed by atoms with Crippen molar-refractivity contribution in [1.82, 2.24) is 19.7 Å². The first-order chi connectivity index (χ1) is 11.6. The average molecular weight is 330 g/mol. The zero-order valence-corrected chi connectivity index (χ0v) is 13.0. The normalized spacial score (nSPS) is 17.5. The van der Waals surface area contributed by atoms with Crippen LogP contribution in [0.5, 0.6) is 0 Å². The number of amides is 2. The number of hydrogen-bond acceptors (Lipinski definition) is 5. The van der Waals surface area contributed by atoms with Crippen molar-refractivity contribution in [2.75, 3.05) is 18.4 Å². The zero-order valence-electron chi connectivity index (χ0n) is 13.0. The van der Waals surface area contributed by atoms with Crippen LogP contribution < -0.4 is 5.32 Å². The average Bonchev–Trinajstić information content (AvgIpc) is 3.08. The molecule has 1 saturated heterocycles. The number of benzene rings is 1. The number of hydrogen-bond donors (Lipinski definition) is 1. The lowest BCUT2D eigenvalue weighted by Gasteiger charge is -2.32. The molecule has 9 heteroatoms. The zero-order chi connectivity index (χ0) is 16.9. The number of carbonyl (C=O) groups excluding carboxylic acids is 1. The Morgan fingerprint density at radius 2 is 2.17 bits per heavy atom. The van der Waals surface area contributed by atoms with E-state index in [-0.39, 0.29) is 11.7 Å². The number of anilines is 1. The molecule has 0 unspecified atom stereocenters. The Morgan fingerprint density at radius 1 is 1.38 bits per heavy atom. The van der Waals surface area contributed by atoms with Gasteiger partial charge in [0.2, 0.25) is 0 Å². The smallest absolute Gasteiger partial charge is 0.321 e. The molecule has 0 bridgehead atoms. The van der Waals surface area contributed by atoms with Crippen LogP contribution in [0.4, 0.5) is 16.2 Å². The van der Waals surface area contributed by atoms with Gasteiger partial charge in [-0.1, -0.05) is 0 Å². The summed E-state index contributed by atoms with van der Waals surface area (Å²) in [7, 11) is 0. The predicted octanol–water partition coefficient (Wildman–Crippen LogP) is 2.13. The van der Waals surface area contributed by atoms with Crippen molar-refractivity contribution >= 4 is 17.4 Å². The number of rotatable bonds is 4. The predicted molar refractivity (Wildman–Crippen MR) is 86.4 cm³/mol. The summed E-state index contributed by atoms with van der Waals surface area (Å²) in [5.74, 6) is 0.336. The number of non-ortho nitro benzene ring substituents is 1. The molecule has 9 nitrogen and oxygen atoms in total. The van der Waals surface area contributed by atoms with Crippen LogP contribution in [0.15, 0.2) is 36.9 Å². The number of nitro groups is 1. The SMILES string of the molecule is O=C(Nc1ccc([N+](=O)[O-])cc1)N1CCC[C@@H](Cn2cncn2)C1. The first-order valence-electron chi connectivity index (χ1n) is 7.74. The maximum Gasteiger partial charge on any atom is 0.321 e. The van der Waals surface area contributed by atoms with Crippen LogP contribution >= 0.6 is 0 Å². The van der Waals surface area contributed by atoms with E-state index in [1.807, 2.05) is 0 Å². The second-order valence-corrected chi connectivity index (χ2v) is 5.81. The van der Waals surface area contributed by atoms with E-state index in [0.29, 0.717) is 24.7 Å². The van der Waals surface area contributed by atoms with Crippen LogP contribution in [0.1, 0.15) is 12.8 Å². The monoisotopic (exact) mass is 330 g/mol. The Hall–Kier alpha value is -2.97. The molecule has 1 aliphatic rings. The van der Waals surface area contributed by atoms with E-state index >= 15 is 0 Å². The number of nitrogens with one attached hydrogen (secondary N) is 1. The molecular weight excluding hydrogens is 312 g/mol. The van der Waals surface area contributed by atoms with Gasteiger partial charge < -0.3 is 10.2 Å². The Kier molecular flexibility index (Phi) is 4.69. The minimum Gasteiger partial charge on any atom is -0.324 e. The van der Waals surface area contributed by atoms with Crippen molar-refractivity contribution in [2.24, 2.45) is 5.92 Å². The minimum absolute atomic E-state index is 0.00105. The Labute approximate surface area is 138 Å². The van der Waals surface area contributed by atoms with Gasteiger partial charge in [-0.25, -0.2) is 9.78 Å². The van der Waals surface area contributed by atoms with Crippen molar-refractivity contribution in [3.8, 4) is 0 Å². The van der Waals surface area contributed by atoms with Crippen molar-refractivity contribution in [3.05, 3.63) is 47.0 Å². The largest absolute Gasteiger partial charge is 0.324 e. The third kappa shape index (κ3) is 3.86. The number of nitro benzene ring substituents is 1. The molecule has 2 heterocycles. The summed E-state index contributed by atoms with van der Waals surface area (Å²) in [6.45, 7) is 2.09. The standard InChI is InChI=1S/C15H18N6O3/c22-15(18-13-3-5-14(6-4-13)21(23)24)19-7-1-2-12(8-19)9-20-11-16-10-17-20/h3-6,10-12H,1-2,7-9H2,(H,18,22)/t12-/m1/s1. The maximum atomic E-state index is 12.4. The summed E-state index contributed by atoms with van der Waals surface area (Å²) in [6, 6.07) is 5.63. The van der Waals surface area contributed by atoms with Crippen molar-refractivity contribution in [3.63, 3.8) is 0 Å². The summed E-state index contributed by atoms with van der Waals surface area (Å²) in [5, 5.41) is 17.5. The van der Waals surface area contributed by atoms with Gasteiger partial charge in [-0.3, -0.25) is 14.8 Å². The molecule has 0 aliphatic carbocycles. The van der Waals surface area contributed by atoms with Gasteiger partial charge in [0, 0.05) is 37.5 Å². The van der Waals surface area contributed by atoms with E-state index in [4.69, 9.17) is 0 Å². The van der Waals surface area contributed by atoms with Gasteiger partial charge in [-0.15, -0.1) is 0 Å². The third-order valence-corrected chi connectivity index (χ3v) is 4.05. The van der Waals surface area contributed by atoms with Crippen LogP contribution in [0.3, 0.4) is 0 Å². The highest BCUT2D eigenvalue weighted by atomic mass is 16.6. The van der Waals surface area contributed by atoms with Gasteiger partial charge in [0.15, 0.2) is 0 Å². The quantitative estimate of drug-likeness (QED) is 0.683. The highest BCUT2D eigenvalue weighted by molar-refractivity contribution is 5.89. The fourth-order valence-electron chi connectivity index (χ4n) is 2.86. The maximum absolute atomic E-state index is 12.4. The van der Waals surface area contributed by atoms with E-state index in [9.17, 15) is 14.9 Å². The molecule has 1 atom stereocenters. The molecule has 1 aliphatic heterocycles. The van der Waals surface area contributed by atoms with Crippen molar-refractivity contribution in [2.45, 2.75) is 19.4 Å². The second-order valence-electron chi connectivity index (χ2n) is 5.81. The Balaban J connectivity index is 1.56. The number of aromatic nitrogens is 3. The summed E-state index contributed by atoms with van der Waals surface area (Å²) >= 11 is 0. The number of carbonyl (C=O) groups is 1. The van der Waals surface area contributed by atoms with Gasteiger partial charge >= 0.3 is 6.03 Å². The molecule has 0 spiro atoms. The molecule has 2 amide bonds. The van der Waals surface area contributed by atoms with E-state index in [0.717, 1.165) is 19.4 Å². The Bertz CT molecular complexity index is 701. The molecule has 24 heavy (non-hydrogen) atoms. The van der Waals surface area contributed by atoms with Gasteiger partial charge in [0.1, 0.15) is 12.7 Å². The molecule has 0 saturated carbocycles. The number of piperidine rings is 1. The fourth-order valence-corrected chi connectivity index (χ4v) is 2.86. The molecule has 3 rings (SSSR count). The molecular formula is C15H18N6O3. The minimum atomic E-state index is -0.467. The second kappa shape index (κ2) is 7.07. The molecule has 1 fully saturated rings. The van der Waals surface area contributed by atoms with Crippen LogP contribution in [0, 0.1) is 16.0 Å². The van der Waals surface area contributed by atoms with Gasteiger partial charge in [-0.2, -0.15) is 5.10 Å². The summed E-state index contributed by atoms with van der Waals surface area (Å²) in [4.78, 5) is 28.3. The van der Waals surface area contributed by atoms with Crippen LogP contribution in [-0.4, -0.2) is 43.7 Å². The van der Waals surface area contributed by atoms with E-state index in [1.165, 1.54) is 30.6 Å². The molecule has 1 N–H and O–H groups in total. The highest BCUT2D eigenvalue weighted by Gasteiger charge is 2.24. The van der Waals surface area contributed by atoms with Crippen LogP contribution in [0.2, 0.25) is 0 Å². The highest BCUT2D eigenvalue weighted by Crippen LogP contribution is 2.20. The fraction of sp³-hybridized carbons (Fsp3) is 0.400. The summed E-state index contributed by atoms with van der Waals surface area (Å²) in [6.07, 6.45) is 5.16. The number of nitrogens with zero attached hydrogens (tertiary/aromatic N) is 5. The van der Waals surface area contributed by atoms with Gasteiger partial charge in [0.25, 0.3) is 5.69 Å². The van der Waals surface area contributed by atoms with E-state index < -0.39 is 4.92 Å². The van der Waals surface area contributed by atoms with E-state index in [2.05, 4.69) is 15.4 Å². The van der Waals surface area contributed by atoms with Gasteiger partial charge in [-0.05, 0) is 30.9 Å². The summed E-state index contributed by atoms with van der Waals surface area (Å²) in [5.41, 5.74) is 0.544. The van der Waals surface area contributed by atoms with Gasteiger partial charge in [0.05, 0.1) is 4.92 Å². The topological polar surface area (TPSA) is 106 Å². The summed E-state index contributed by atoms with van der Waals surface area (Å²) < 4.78 is 1.78. The first-order valence-corrected chi connectivity index (χ1v) is 7.74. The Morgan fingerprint density at radius 3 is 2.83 bits per heavy atom. The molecule has 0 radical (unpaired) electrons. The molecule has 2 aromatic rings. The number of urea groups is 1. The van der Waals surface area contributed by atoms with Crippen LogP contribution in [0.25, 0.3) is 0 Å². The van der Waals surface area contributed by atoms with Crippen molar-refractivity contribution in [1.29, 1.82) is 0 Å². The molecule has 1 aromatic carbocycles. The third-order valence-electron chi connectivity index (χ3n) is 4.05. The lowest BCUT2D eigenvalue weighted by Crippen LogP contribution is -2.43. The lowest BCUT2D eigenvalue weighted by molar-refractivity contribution is -0.384. The lowest BCUT2D eigenvalue weighted by atomic mass is 9.98. The van der Waals surface area contributed by atoms with E-state index in [1.54, 1.807) is 15.9 Å². The molecule has 1 aromatic heterocycles.